The van der Waals surface area contributed by atoms with Crippen LogP contribution in [0.3, 0.4) is 0 Å². The number of thiophene rings is 1. The van der Waals surface area contributed by atoms with E-state index in [1.165, 1.54) is 17.4 Å². The van der Waals surface area contributed by atoms with E-state index in [1.807, 2.05) is 16.8 Å². The van der Waals surface area contributed by atoms with Crippen molar-refractivity contribution in [2.45, 2.75) is 48.0 Å². The maximum absolute atomic E-state index is 13.9. The third kappa shape index (κ3) is 4.33. The van der Waals surface area contributed by atoms with Gasteiger partial charge in [0.25, 0.3) is 5.91 Å². The van der Waals surface area contributed by atoms with Crippen molar-refractivity contribution >= 4 is 48.6 Å². The van der Waals surface area contributed by atoms with Gasteiger partial charge in [0.2, 0.25) is 0 Å². The quantitative estimate of drug-likeness (QED) is 0.503. The first-order chi connectivity index (χ1) is 16.0. The Hall–Kier alpha value is -1.89. The van der Waals surface area contributed by atoms with Crippen LogP contribution in [0.4, 0.5) is 0 Å². The van der Waals surface area contributed by atoms with Gasteiger partial charge in [0.15, 0.2) is 20.9 Å². The smallest absolute Gasteiger partial charge is 0.265 e. The van der Waals surface area contributed by atoms with Gasteiger partial charge in [0, 0.05) is 37.2 Å². The Bertz CT molecular complexity index is 1230. The highest BCUT2D eigenvalue weighted by Gasteiger charge is 2.52. The second kappa shape index (κ2) is 9.40. The van der Waals surface area contributed by atoms with Gasteiger partial charge in [-0.25, -0.2) is 23.7 Å². The molecule has 2 saturated heterocycles. The molecule has 4 heterocycles. The zero-order valence-corrected chi connectivity index (χ0v) is 20.3. The summed E-state index contributed by atoms with van der Waals surface area (Å²) < 4.78 is 37.7. The minimum atomic E-state index is -4.04. The van der Waals surface area contributed by atoms with E-state index in [-0.39, 0.29) is 31.0 Å². The van der Waals surface area contributed by atoms with E-state index in [0.717, 1.165) is 33.6 Å². The molecule has 0 aliphatic carbocycles. The second-order valence-corrected chi connectivity index (χ2v) is 12.2. The van der Waals surface area contributed by atoms with Crippen LogP contribution in [0.15, 0.2) is 39.9 Å². The van der Waals surface area contributed by atoms with Crippen molar-refractivity contribution in [2.24, 2.45) is 0 Å². The Labute approximate surface area is 199 Å². The Morgan fingerprint density at radius 3 is 2.76 bits per heavy atom. The third-order valence-electron chi connectivity index (χ3n) is 6.09. The molecule has 176 valence electrons. The number of carbonyl (C=O) groups excluding carboxylic acids is 1. The molecule has 2 aliphatic rings. The molecule has 3 aromatic rings. The van der Waals surface area contributed by atoms with Crippen molar-refractivity contribution in [3.8, 4) is 10.6 Å². The van der Waals surface area contributed by atoms with Crippen molar-refractivity contribution in [3.63, 3.8) is 0 Å². The molecular formula is C22H24N2O6S3. The first-order valence-electron chi connectivity index (χ1n) is 10.8. The van der Waals surface area contributed by atoms with E-state index in [4.69, 9.17) is 14.3 Å². The molecule has 1 N–H and O–H groups in total. The third-order valence-corrected chi connectivity index (χ3v) is 10.3. The molecule has 2 fully saturated rings. The summed E-state index contributed by atoms with van der Waals surface area (Å²) in [6, 6.07) is 6.83. The van der Waals surface area contributed by atoms with Gasteiger partial charge in [-0.15, -0.1) is 11.3 Å². The summed E-state index contributed by atoms with van der Waals surface area (Å²) in [5.74, 6) is -0.677. The SMILES string of the molecule is O=C(NOC1CCCCO1)C1(S(=O)(=O)c2ccc3nc(-c4ccsc4)sc3c2)CCOCC1. The second-order valence-electron chi connectivity index (χ2n) is 8.12. The van der Waals surface area contributed by atoms with Gasteiger partial charge in [-0.1, -0.05) is 0 Å². The number of nitrogens with one attached hydrogen (secondary N) is 1. The lowest BCUT2D eigenvalue weighted by Gasteiger charge is -2.35. The van der Waals surface area contributed by atoms with Crippen molar-refractivity contribution < 1.29 is 27.5 Å². The highest BCUT2D eigenvalue weighted by molar-refractivity contribution is 7.93. The Kier molecular flexibility index (Phi) is 6.51. The molecule has 0 spiro atoms. The van der Waals surface area contributed by atoms with E-state index in [2.05, 4.69) is 10.5 Å². The lowest BCUT2D eigenvalue weighted by Crippen LogP contribution is -2.56. The van der Waals surface area contributed by atoms with Crippen molar-refractivity contribution in [2.75, 3.05) is 19.8 Å². The van der Waals surface area contributed by atoms with Crippen molar-refractivity contribution in [1.82, 2.24) is 10.5 Å². The number of thiazole rings is 1. The number of rotatable bonds is 6. The molecular weight excluding hydrogens is 484 g/mol. The average Bonchev–Trinajstić information content (AvgIpc) is 3.53. The number of amides is 1. The van der Waals surface area contributed by atoms with Crippen LogP contribution in [0, 0.1) is 0 Å². The monoisotopic (exact) mass is 508 g/mol. The summed E-state index contributed by atoms with van der Waals surface area (Å²) in [5.41, 5.74) is 4.12. The molecule has 8 nitrogen and oxygen atoms in total. The Balaban J connectivity index is 1.45. The molecule has 0 radical (unpaired) electrons. The summed E-state index contributed by atoms with van der Waals surface area (Å²) in [7, 11) is -4.04. The molecule has 1 atom stereocenters. The first-order valence-corrected chi connectivity index (χ1v) is 14.1. The maximum atomic E-state index is 13.9. The molecule has 5 rings (SSSR count). The van der Waals surface area contributed by atoms with Gasteiger partial charge in [0.05, 0.1) is 15.1 Å². The normalized spacial score (nSPS) is 21.2. The molecule has 2 aromatic heterocycles. The number of fused-ring (bicyclic) bond motifs is 1. The lowest BCUT2D eigenvalue weighted by atomic mass is 9.98. The minimum Gasteiger partial charge on any atom is -0.381 e. The maximum Gasteiger partial charge on any atom is 0.265 e. The standard InChI is InChI=1S/C22H24N2O6S3/c25-21(24-30-19-3-1-2-9-29-19)22(7-10-28-11-8-22)33(26,27)16-4-5-17-18(13-16)32-20(23-17)15-6-12-31-14-15/h4-6,12-14,19H,1-3,7-11H2,(H,24,25). The number of benzene rings is 1. The molecule has 11 heteroatoms. The highest BCUT2D eigenvalue weighted by atomic mass is 32.2. The molecule has 0 saturated carbocycles. The predicted octanol–water partition coefficient (Wildman–Crippen LogP) is 3.92. The summed E-state index contributed by atoms with van der Waals surface area (Å²) in [6.45, 7) is 0.912. The average molecular weight is 509 g/mol. The van der Waals surface area contributed by atoms with Crippen LogP contribution in [0.25, 0.3) is 20.8 Å². The summed E-state index contributed by atoms with van der Waals surface area (Å²) in [5, 5.41) is 4.82. The van der Waals surface area contributed by atoms with Crippen LogP contribution >= 0.6 is 22.7 Å². The van der Waals surface area contributed by atoms with Crippen LogP contribution < -0.4 is 5.48 Å². The molecule has 1 amide bonds. The summed E-state index contributed by atoms with van der Waals surface area (Å²) in [6.07, 6.45) is 2.06. The van der Waals surface area contributed by atoms with Crippen LogP contribution in [0.1, 0.15) is 32.1 Å². The van der Waals surface area contributed by atoms with Gasteiger partial charge < -0.3 is 9.47 Å². The zero-order valence-electron chi connectivity index (χ0n) is 17.8. The lowest BCUT2D eigenvalue weighted by molar-refractivity contribution is -0.202. The number of ether oxygens (including phenoxy) is 2. The number of aromatic nitrogens is 1. The Morgan fingerprint density at radius 2 is 2.03 bits per heavy atom. The van der Waals surface area contributed by atoms with E-state index in [0.29, 0.717) is 13.0 Å². The highest BCUT2D eigenvalue weighted by Crippen LogP contribution is 2.38. The van der Waals surface area contributed by atoms with Crippen molar-refractivity contribution in [1.29, 1.82) is 0 Å². The number of hydroxylamine groups is 1. The van der Waals surface area contributed by atoms with Gasteiger partial charge in [0.1, 0.15) is 5.01 Å². The first kappa shape index (κ1) is 22.9. The molecule has 1 unspecified atom stereocenters. The number of sulfone groups is 1. The van der Waals surface area contributed by atoms with E-state index in [1.54, 1.807) is 23.5 Å². The van der Waals surface area contributed by atoms with Gasteiger partial charge in [-0.05, 0) is 55.3 Å². The van der Waals surface area contributed by atoms with Gasteiger partial charge >= 0.3 is 0 Å². The Morgan fingerprint density at radius 1 is 1.18 bits per heavy atom. The van der Waals surface area contributed by atoms with Gasteiger partial charge in [-0.2, -0.15) is 11.3 Å². The molecule has 1 aromatic carbocycles. The van der Waals surface area contributed by atoms with Crippen molar-refractivity contribution in [3.05, 3.63) is 35.0 Å². The van der Waals surface area contributed by atoms with Crippen LogP contribution in [-0.4, -0.2) is 50.2 Å². The largest absolute Gasteiger partial charge is 0.381 e. The fraction of sp³-hybridized carbons (Fsp3) is 0.455. The zero-order chi connectivity index (χ0) is 22.9. The number of carbonyl (C=O) groups is 1. The summed E-state index contributed by atoms with van der Waals surface area (Å²) in [4.78, 5) is 23.4. The fourth-order valence-electron chi connectivity index (χ4n) is 4.14. The van der Waals surface area contributed by atoms with Crippen LogP contribution in [0.2, 0.25) is 0 Å². The van der Waals surface area contributed by atoms with E-state index < -0.39 is 26.8 Å². The molecule has 2 aliphatic heterocycles. The van der Waals surface area contributed by atoms with E-state index >= 15 is 0 Å². The molecule has 33 heavy (non-hydrogen) atoms. The van der Waals surface area contributed by atoms with Gasteiger partial charge in [-0.3, -0.25) is 4.79 Å². The minimum absolute atomic E-state index is 0.0525. The van der Waals surface area contributed by atoms with Crippen LogP contribution in [-0.2, 0) is 28.9 Å². The summed E-state index contributed by atoms with van der Waals surface area (Å²) >= 11 is 3.01. The molecule has 0 bridgehead atoms. The number of nitrogens with zero attached hydrogens (tertiary/aromatic N) is 1. The fourth-order valence-corrected chi connectivity index (χ4v) is 7.89. The predicted molar refractivity (Wildman–Crippen MR) is 126 cm³/mol. The van der Waals surface area contributed by atoms with Crippen LogP contribution in [0.5, 0.6) is 0 Å². The number of hydrogen-bond donors (Lipinski definition) is 1. The van der Waals surface area contributed by atoms with E-state index in [9.17, 15) is 13.2 Å². The number of hydrogen-bond acceptors (Lipinski definition) is 9. The topological polar surface area (TPSA) is 104 Å².